The van der Waals surface area contributed by atoms with Gasteiger partial charge in [-0.25, -0.2) is 4.79 Å². The van der Waals surface area contributed by atoms with E-state index >= 15 is 0 Å². The van der Waals surface area contributed by atoms with Gasteiger partial charge in [0.05, 0.1) is 5.92 Å². The van der Waals surface area contributed by atoms with Crippen LogP contribution in [0.4, 0.5) is 0 Å². The number of carboxylic acid groups (broad SMARTS) is 1. The number of carboxylic acids is 1. The largest absolute Gasteiger partial charge is 0.482 e. The summed E-state index contributed by atoms with van der Waals surface area (Å²) in [5.41, 5.74) is 5.67. The second-order valence-corrected chi connectivity index (χ2v) is 8.61. The number of allylic oxidation sites excluding steroid dienone is 1. The molecule has 1 aromatic heterocycles. The quantitative estimate of drug-likeness (QED) is 0.342. The van der Waals surface area contributed by atoms with Crippen LogP contribution in [0.5, 0.6) is 5.75 Å². The van der Waals surface area contributed by atoms with Gasteiger partial charge in [-0.1, -0.05) is 89.6 Å². The normalized spacial score (nSPS) is 12.8. The molecule has 0 atom stereocenters. The third kappa shape index (κ3) is 5.32. The molecule has 1 aliphatic carbocycles. The molecule has 0 bridgehead atoms. The highest BCUT2D eigenvalue weighted by Gasteiger charge is 2.23. The highest BCUT2D eigenvalue weighted by molar-refractivity contribution is 5.69. The monoisotopic (exact) mass is 466 g/mol. The Labute approximate surface area is 203 Å². The fourth-order valence-electron chi connectivity index (χ4n) is 4.56. The average Bonchev–Trinajstić information content (AvgIpc) is 3.36. The van der Waals surface area contributed by atoms with Crippen molar-refractivity contribution in [1.29, 1.82) is 0 Å². The van der Waals surface area contributed by atoms with E-state index < -0.39 is 5.97 Å². The molecule has 6 heteroatoms. The lowest BCUT2D eigenvalue weighted by molar-refractivity contribution is -0.139. The Morgan fingerprint density at radius 2 is 1.63 bits per heavy atom. The average molecular weight is 467 g/mol. The summed E-state index contributed by atoms with van der Waals surface area (Å²) in [5.74, 6) is 0.859. The lowest BCUT2D eigenvalue weighted by Gasteiger charge is -2.19. The van der Waals surface area contributed by atoms with E-state index in [0.29, 0.717) is 23.9 Å². The smallest absolute Gasteiger partial charge is 0.341 e. The number of fused-ring (bicyclic) bond motifs is 1. The predicted octanol–water partition coefficient (Wildman–Crippen LogP) is 5.68. The van der Waals surface area contributed by atoms with Crippen LogP contribution in [-0.2, 0) is 17.6 Å². The Bertz CT molecular complexity index is 1290. The molecule has 0 saturated heterocycles. The Kier molecular flexibility index (Phi) is 6.70. The van der Waals surface area contributed by atoms with E-state index in [2.05, 4.69) is 35.5 Å². The Morgan fingerprint density at radius 1 is 0.914 bits per heavy atom. The van der Waals surface area contributed by atoms with Gasteiger partial charge in [0, 0.05) is 12.0 Å². The van der Waals surface area contributed by atoms with Gasteiger partial charge < -0.3 is 14.4 Å². The number of hydrogen-bond acceptors (Lipinski definition) is 5. The van der Waals surface area contributed by atoms with Crippen molar-refractivity contribution in [3.8, 4) is 5.75 Å². The molecule has 0 amide bonds. The summed E-state index contributed by atoms with van der Waals surface area (Å²) < 4.78 is 11.2. The summed E-state index contributed by atoms with van der Waals surface area (Å²) in [5, 5.41) is 13.2. The van der Waals surface area contributed by atoms with Gasteiger partial charge in [0.2, 0.25) is 5.89 Å². The first-order chi connectivity index (χ1) is 17.2. The number of benzene rings is 3. The van der Waals surface area contributed by atoms with Crippen LogP contribution in [0, 0.1) is 0 Å². The van der Waals surface area contributed by atoms with Gasteiger partial charge in [0.25, 0.3) is 0 Å². The maximum atomic E-state index is 10.9. The zero-order valence-electron chi connectivity index (χ0n) is 19.3. The molecule has 1 aliphatic rings. The van der Waals surface area contributed by atoms with Crippen LogP contribution in [0.3, 0.4) is 0 Å². The molecular formula is C29H26N2O4. The molecule has 0 saturated carbocycles. The van der Waals surface area contributed by atoms with E-state index in [4.69, 9.17) is 19.4 Å². The topological polar surface area (TPSA) is 85.5 Å². The van der Waals surface area contributed by atoms with Crippen LogP contribution in [0.15, 0.2) is 89.0 Å². The first-order valence-corrected chi connectivity index (χ1v) is 11.8. The highest BCUT2D eigenvalue weighted by Crippen LogP contribution is 2.33. The molecule has 0 spiro atoms. The van der Waals surface area contributed by atoms with E-state index in [0.717, 1.165) is 41.5 Å². The number of aliphatic carboxylic acids is 1. The summed E-state index contributed by atoms with van der Waals surface area (Å²) in [6, 6.07) is 26.2. The van der Waals surface area contributed by atoms with Crippen LogP contribution in [0.25, 0.3) is 6.08 Å². The number of hydrogen-bond donors (Lipinski definition) is 1. The summed E-state index contributed by atoms with van der Waals surface area (Å²) >= 11 is 0. The maximum Gasteiger partial charge on any atom is 0.341 e. The van der Waals surface area contributed by atoms with E-state index in [1.807, 2.05) is 54.6 Å². The Morgan fingerprint density at radius 3 is 2.31 bits per heavy atom. The zero-order valence-corrected chi connectivity index (χ0v) is 19.3. The lowest BCUT2D eigenvalue weighted by atomic mass is 9.89. The summed E-state index contributed by atoms with van der Waals surface area (Å²) in [6.45, 7) is -0.333. The van der Waals surface area contributed by atoms with Crippen molar-refractivity contribution < 1.29 is 19.2 Å². The molecule has 1 heterocycles. The SMILES string of the molecule is O=C(O)COc1cccc2c1CCC(CCc1noc(C(c3ccccc3)c3ccccc3)n1)=C2. The lowest BCUT2D eigenvalue weighted by Crippen LogP contribution is -2.12. The molecule has 0 aliphatic heterocycles. The van der Waals surface area contributed by atoms with E-state index in [9.17, 15) is 4.79 Å². The van der Waals surface area contributed by atoms with Gasteiger partial charge in [-0.3, -0.25) is 0 Å². The first-order valence-electron chi connectivity index (χ1n) is 11.8. The standard InChI is InChI=1S/C29H26N2O4/c32-27(33)19-34-25-13-7-12-23-18-20(14-16-24(23)25)15-17-26-30-29(35-31-26)28(21-8-3-1-4-9-21)22-10-5-2-6-11-22/h1-13,18,28H,14-17,19H2,(H,32,33). The van der Waals surface area contributed by atoms with Crippen molar-refractivity contribution >= 4 is 12.0 Å². The summed E-state index contributed by atoms with van der Waals surface area (Å²) in [6.07, 6.45) is 5.40. The van der Waals surface area contributed by atoms with Gasteiger partial charge >= 0.3 is 5.97 Å². The predicted molar refractivity (Wildman–Crippen MR) is 132 cm³/mol. The van der Waals surface area contributed by atoms with Gasteiger partial charge in [-0.15, -0.1) is 0 Å². The van der Waals surface area contributed by atoms with E-state index in [-0.39, 0.29) is 12.5 Å². The van der Waals surface area contributed by atoms with Crippen LogP contribution < -0.4 is 4.74 Å². The molecule has 4 aromatic rings. The molecule has 35 heavy (non-hydrogen) atoms. The minimum absolute atomic E-state index is 0.108. The van der Waals surface area contributed by atoms with Gasteiger partial charge in [-0.2, -0.15) is 4.98 Å². The number of rotatable bonds is 9. The maximum absolute atomic E-state index is 10.9. The van der Waals surface area contributed by atoms with Crippen LogP contribution in [0.1, 0.15) is 52.7 Å². The van der Waals surface area contributed by atoms with Crippen molar-refractivity contribution in [2.45, 2.75) is 31.6 Å². The van der Waals surface area contributed by atoms with Crippen molar-refractivity contribution in [3.05, 3.63) is 118 Å². The minimum atomic E-state index is -0.976. The molecule has 3 aromatic carbocycles. The fraction of sp³-hybridized carbons (Fsp3) is 0.207. The third-order valence-corrected chi connectivity index (χ3v) is 6.24. The first kappa shape index (κ1) is 22.6. The van der Waals surface area contributed by atoms with Crippen LogP contribution in [0.2, 0.25) is 0 Å². The molecule has 0 fully saturated rings. The van der Waals surface area contributed by atoms with Crippen molar-refractivity contribution in [3.63, 3.8) is 0 Å². The second-order valence-electron chi connectivity index (χ2n) is 8.61. The fourth-order valence-corrected chi connectivity index (χ4v) is 4.56. The van der Waals surface area contributed by atoms with Crippen molar-refractivity contribution in [2.75, 3.05) is 6.61 Å². The molecule has 0 unspecified atom stereocenters. The molecular weight excluding hydrogens is 440 g/mol. The number of nitrogens with zero attached hydrogens (tertiary/aromatic N) is 2. The number of carbonyl (C=O) groups is 1. The molecule has 176 valence electrons. The molecule has 6 nitrogen and oxygen atoms in total. The molecule has 5 rings (SSSR count). The van der Waals surface area contributed by atoms with Crippen LogP contribution in [-0.4, -0.2) is 27.8 Å². The van der Waals surface area contributed by atoms with E-state index in [1.165, 1.54) is 5.57 Å². The number of aromatic nitrogens is 2. The third-order valence-electron chi connectivity index (χ3n) is 6.24. The Balaban J connectivity index is 1.31. The van der Waals surface area contributed by atoms with Gasteiger partial charge in [0.1, 0.15) is 5.75 Å². The highest BCUT2D eigenvalue weighted by atomic mass is 16.5. The Hall–Kier alpha value is -4.19. The molecule has 1 N–H and O–H groups in total. The van der Waals surface area contributed by atoms with Gasteiger partial charge in [0.15, 0.2) is 12.4 Å². The number of aryl methyl sites for hydroxylation is 1. The summed E-state index contributed by atoms with van der Waals surface area (Å²) in [4.78, 5) is 15.6. The number of ether oxygens (including phenoxy) is 1. The summed E-state index contributed by atoms with van der Waals surface area (Å²) in [7, 11) is 0. The minimum Gasteiger partial charge on any atom is -0.482 e. The van der Waals surface area contributed by atoms with Crippen molar-refractivity contribution in [1.82, 2.24) is 10.1 Å². The van der Waals surface area contributed by atoms with E-state index in [1.54, 1.807) is 0 Å². The van der Waals surface area contributed by atoms with Crippen LogP contribution >= 0.6 is 0 Å². The second kappa shape index (κ2) is 10.4. The van der Waals surface area contributed by atoms with Crippen molar-refractivity contribution in [2.24, 2.45) is 0 Å². The molecule has 0 radical (unpaired) electrons. The van der Waals surface area contributed by atoms with Gasteiger partial charge in [-0.05, 0) is 42.0 Å². The zero-order chi connectivity index (χ0) is 24.0.